The number of imide groups is 1. The van der Waals surface area contributed by atoms with Crippen molar-refractivity contribution in [2.24, 2.45) is 18.2 Å². The number of carbonyl (C=O) groups excluding carboxylic acids is 2. The van der Waals surface area contributed by atoms with E-state index in [1.165, 1.54) is 4.90 Å². The van der Waals surface area contributed by atoms with Crippen LogP contribution in [0.25, 0.3) is 0 Å². The molecular weight excluding hydrogens is 244 g/mol. The van der Waals surface area contributed by atoms with E-state index in [1.807, 2.05) is 0 Å². The van der Waals surface area contributed by atoms with Crippen LogP contribution in [0.2, 0.25) is 0 Å². The molecule has 2 aliphatic rings. The second-order valence-corrected chi connectivity index (χ2v) is 5.55. The molecule has 1 saturated heterocycles. The summed E-state index contributed by atoms with van der Waals surface area (Å²) in [5, 5.41) is 4.24. The fraction of sp³-hybridized carbons (Fsp3) is 0.615. The highest BCUT2D eigenvalue weighted by Gasteiger charge is 2.54. The molecule has 19 heavy (non-hydrogen) atoms. The van der Waals surface area contributed by atoms with Crippen molar-refractivity contribution in [2.75, 3.05) is 4.90 Å². The molecular formula is C13H18N4O2. The summed E-state index contributed by atoms with van der Waals surface area (Å²) in [6, 6.07) is 0. The van der Waals surface area contributed by atoms with Crippen molar-refractivity contribution in [2.45, 2.75) is 38.6 Å². The number of amides is 2. The van der Waals surface area contributed by atoms with E-state index >= 15 is 0 Å². The van der Waals surface area contributed by atoms with Gasteiger partial charge in [-0.1, -0.05) is 12.8 Å². The molecule has 6 heteroatoms. The molecule has 2 N–H and O–H groups in total. The molecule has 0 unspecified atom stereocenters. The molecule has 1 aromatic heterocycles. The Kier molecular flexibility index (Phi) is 2.70. The molecule has 0 aromatic carbocycles. The molecule has 1 aliphatic carbocycles. The van der Waals surface area contributed by atoms with Crippen molar-refractivity contribution in [3.8, 4) is 0 Å². The Balaban J connectivity index is 2.01. The van der Waals surface area contributed by atoms with Crippen molar-refractivity contribution in [3.05, 3.63) is 11.8 Å². The van der Waals surface area contributed by atoms with E-state index in [4.69, 9.17) is 5.73 Å². The maximum absolute atomic E-state index is 12.6. The van der Waals surface area contributed by atoms with Gasteiger partial charge in [0.15, 0.2) is 5.82 Å². The van der Waals surface area contributed by atoms with Crippen LogP contribution in [0.1, 0.15) is 37.7 Å². The van der Waals surface area contributed by atoms with Gasteiger partial charge in [0.25, 0.3) is 0 Å². The predicted octanol–water partition coefficient (Wildman–Crippen LogP) is 0.702. The number of hydrogen-bond acceptors (Lipinski definition) is 4. The lowest BCUT2D eigenvalue weighted by atomic mass is 9.84. The molecule has 0 bridgehead atoms. The van der Waals surface area contributed by atoms with Gasteiger partial charge in [-0.05, 0) is 12.8 Å². The highest BCUT2D eigenvalue weighted by molar-refractivity contribution is 6.22. The molecule has 1 aliphatic heterocycles. The largest absolute Gasteiger partial charge is 0.326 e. The molecule has 1 aromatic rings. The predicted molar refractivity (Wildman–Crippen MR) is 69.1 cm³/mol. The Morgan fingerprint density at radius 2 is 2.05 bits per heavy atom. The lowest BCUT2D eigenvalue weighted by Gasteiger charge is -2.20. The molecule has 2 amide bonds. The summed E-state index contributed by atoms with van der Waals surface area (Å²) in [6.45, 7) is 0.271. The Morgan fingerprint density at radius 1 is 1.37 bits per heavy atom. The Morgan fingerprint density at radius 3 is 2.68 bits per heavy atom. The minimum atomic E-state index is -0.458. The quantitative estimate of drug-likeness (QED) is 0.796. The van der Waals surface area contributed by atoms with Gasteiger partial charge in [-0.3, -0.25) is 14.3 Å². The standard InChI is InChI=1S/C13H18N4O2/c1-16-8-9(7-14)11(15-16)17-10(18)6-13(12(17)19)4-2-3-5-13/h8H,2-7,14H2,1H3. The monoisotopic (exact) mass is 262 g/mol. The van der Waals surface area contributed by atoms with E-state index in [0.717, 1.165) is 31.2 Å². The summed E-state index contributed by atoms with van der Waals surface area (Å²) in [6.07, 6.45) is 5.78. The van der Waals surface area contributed by atoms with E-state index in [9.17, 15) is 9.59 Å². The summed E-state index contributed by atoms with van der Waals surface area (Å²) in [4.78, 5) is 26.1. The van der Waals surface area contributed by atoms with E-state index in [-0.39, 0.29) is 18.4 Å². The zero-order valence-corrected chi connectivity index (χ0v) is 11.1. The van der Waals surface area contributed by atoms with E-state index in [0.29, 0.717) is 12.2 Å². The molecule has 3 rings (SSSR count). The smallest absolute Gasteiger partial charge is 0.241 e. The van der Waals surface area contributed by atoms with Crippen LogP contribution in [0.3, 0.4) is 0 Å². The van der Waals surface area contributed by atoms with Crippen LogP contribution in [0.5, 0.6) is 0 Å². The zero-order chi connectivity index (χ0) is 13.6. The third kappa shape index (κ3) is 1.70. The maximum Gasteiger partial charge on any atom is 0.241 e. The number of nitrogens with two attached hydrogens (primary N) is 1. The van der Waals surface area contributed by atoms with Gasteiger partial charge >= 0.3 is 0 Å². The van der Waals surface area contributed by atoms with Crippen molar-refractivity contribution in [1.29, 1.82) is 0 Å². The number of anilines is 1. The van der Waals surface area contributed by atoms with Crippen LogP contribution in [0, 0.1) is 5.41 Å². The number of nitrogens with zero attached hydrogens (tertiary/aromatic N) is 3. The first-order valence-corrected chi connectivity index (χ1v) is 6.67. The third-order valence-corrected chi connectivity index (χ3v) is 4.27. The lowest BCUT2D eigenvalue weighted by Crippen LogP contribution is -2.35. The first-order chi connectivity index (χ1) is 9.07. The molecule has 2 heterocycles. The van der Waals surface area contributed by atoms with Gasteiger partial charge in [-0.15, -0.1) is 0 Å². The SMILES string of the molecule is Cn1cc(CN)c(N2C(=O)CC3(CCCC3)C2=O)n1. The summed E-state index contributed by atoms with van der Waals surface area (Å²) in [5.74, 6) is 0.201. The van der Waals surface area contributed by atoms with Crippen LogP contribution < -0.4 is 10.6 Å². The van der Waals surface area contributed by atoms with E-state index in [2.05, 4.69) is 5.10 Å². The van der Waals surface area contributed by atoms with Crippen LogP contribution in [-0.4, -0.2) is 21.6 Å². The first kappa shape index (κ1) is 12.3. The summed E-state index contributed by atoms with van der Waals surface area (Å²) < 4.78 is 1.59. The van der Waals surface area contributed by atoms with Gasteiger partial charge in [0, 0.05) is 31.8 Å². The van der Waals surface area contributed by atoms with Crippen LogP contribution in [0.4, 0.5) is 5.82 Å². The van der Waals surface area contributed by atoms with Gasteiger partial charge in [-0.2, -0.15) is 5.10 Å². The molecule has 6 nitrogen and oxygen atoms in total. The third-order valence-electron chi connectivity index (χ3n) is 4.27. The molecule has 0 atom stereocenters. The van der Waals surface area contributed by atoms with Gasteiger partial charge in [-0.25, -0.2) is 4.90 Å². The molecule has 1 spiro atoms. The Labute approximate surface area is 111 Å². The number of rotatable bonds is 2. The van der Waals surface area contributed by atoms with Crippen molar-refractivity contribution >= 4 is 17.6 Å². The normalized spacial score (nSPS) is 21.9. The van der Waals surface area contributed by atoms with Crippen LogP contribution >= 0.6 is 0 Å². The summed E-state index contributed by atoms with van der Waals surface area (Å²) in [5.41, 5.74) is 5.94. The van der Waals surface area contributed by atoms with E-state index < -0.39 is 5.41 Å². The molecule has 0 radical (unpaired) electrons. The number of aromatic nitrogens is 2. The van der Waals surface area contributed by atoms with Crippen LogP contribution in [0.15, 0.2) is 6.20 Å². The minimum absolute atomic E-state index is 0.0802. The second-order valence-electron chi connectivity index (χ2n) is 5.55. The second kappa shape index (κ2) is 4.16. The highest BCUT2D eigenvalue weighted by Crippen LogP contribution is 2.48. The zero-order valence-electron chi connectivity index (χ0n) is 11.1. The fourth-order valence-electron chi connectivity index (χ4n) is 3.31. The number of carbonyl (C=O) groups is 2. The average molecular weight is 262 g/mol. The van der Waals surface area contributed by atoms with Crippen molar-refractivity contribution in [1.82, 2.24) is 9.78 Å². The lowest BCUT2D eigenvalue weighted by molar-refractivity contribution is -0.125. The summed E-state index contributed by atoms with van der Waals surface area (Å²) in [7, 11) is 1.76. The topological polar surface area (TPSA) is 81.2 Å². The minimum Gasteiger partial charge on any atom is -0.326 e. The number of aryl methyl sites for hydroxylation is 1. The molecule has 2 fully saturated rings. The van der Waals surface area contributed by atoms with Crippen LogP contribution in [-0.2, 0) is 23.2 Å². The molecule has 1 saturated carbocycles. The fourth-order valence-corrected chi connectivity index (χ4v) is 3.31. The highest BCUT2D eigenvalue weighted by atomic mass is 16.2. The van der Waals surface area contributed by atoms with Gasteiger partial charge in [0.1, 0.15) is 0 Å². The average Bonchev–Trinajstić information content (AvgIpc) is 3.02. The Hall–Kier alpha value is -1.69. The van der Waals surface area contributed by atoms with E-state index in [1.54, 1.807) is 17.9 Å². The van der Waals surface area contributed by atoms with Gasteiger partial charge in [0.2, 0.25) is 11.8 Å². The number of hydrogen-bond donors (Lipinski definition) is 1. The first-order valence-electron chi connectivity index (χ1n) is 6.67. The maximum atomic E-state index is 12.6. The summed E-state index contributed by atoms with van der Waals surface area (Å²) >= 11 is 0. The van der Waals surface area contributed by atoms with Crippen molar-refractivity contribution in [3.63, 3.8) is 0 Å². The Bertz CT molecular complexity index is 543. The van der Waals surface area contributed by atoms with Crippen molar-refractivity contribution < 1.29 is 9.59 Å². The van der Waals surface area contributed by atoms with Gasteiger partial charge in [0.05, 0.1) is 5.41 Å². The van der Waals surface area contributed by atoms with Gasteiger partial charge < -0.3 is 5.73 Å². The molecule has 102 valence electrons.